The smallest absolute Gasteiger partial charge is 0.329 e. The van der Waals surface area contributed by atoms with Gasteiger partial charge in [-0.05, 0) is 68.5 Å². The molecule has 0 unspecified atom stereocenters. The third-order valence-electron chi connectivity index (χ3n) is 6.35. The third kappa shape index (κ3) is 4.82. The Labute approximate surface area is 199 Å². The fourth-order valence-electron chi connectivity index (χ4n) is 4.57. The van der Waals surface area contributed by atoms with Crippen molar-refractivity contribution in [2.45, 2.75) is 38.3 Å². The summed E-state index contributed by atoms with van der Waals surface area (Å²) in [6.45, 7) is 2.84. The van der Waals surface area contributed by atoms with E-state index in [0.29, 0.717) is 24.5 Å². The minimum absolute atomic E-state index is 0.412. The first-order chi connectivity index (χ1) is 16.7. The van der Waals surface area contributed by atoms with E-state index in [9.17, 15) is 9.90 Å². The van der Waals surface area contributed by atoms with Crippen LogP contribution >= 0.6 is 0 Å². The van der Waals surface area contributed by atoms with Crippen LogP contribution in [0.15, 0.2) is 60.9 Å². The van der Waals surface area contributed by atoms with Crippen LogP contribution in [0, 0.1) is 0 Å². The number of piperidine rings is 1. The van der Waals surface area contributed by atoms with Crippen LogP contribution in [0.2, 0.25) is 0 Å². The minimum Gasteiger partial charge on any atom is -0.382 e. The first-order valence-electron chi connectivity index (χ1n) is 12.0. The number of nitrogens with one attached hydrogen (secondary N) is 2. The molecule has 0 radical (unpaired) electrons. The SMILES string of the molecule is O=C(Nc1cccnc1)N1c2nc(-c3cccc(N4CCCCC4)c3)ccc2NCCC[C@H]1O. The van der Waals surface area contributed by atoms with Crippen LogP contribution in [-0.2, 0) is 0 Å². The number of urea groups is 1. The van der Waals surface area contributed by atoms with E-state index < -0.39 is 12.3 Å². The van der Waals surface area contributed by atoms with Crippen molar-refractivity contribution in [3.8, 4) is 11.3 Å². The number of hydrogen-bond donors (Lipinski definition) is 3. The lowest BCUT2D eigenvalue weighted by Gasteiger charge is -2.31. The van der Waals surface area contributed by atoms with Gasteiger partial charge < -0.3 is 20.6 Å². The highest BCUT2D eigenvalue weighted by atomic mass is 16.3. The number of fused-ring (bicyclic) bond motifs is 1. The molecule has 176 valence electrons. The largest absolute Gasteiger partial charge is 0.382 e. The van der Waals surface area contributed by atoms with Gasteiger partial charge in [0.25, 0.3) is 0 Å². The fraction of sp³-hybridized carbons (Fsp3) is 0.346. The Morgan fingerprint density at radius 1 is 1.06 bits per heavy atom. The summed E-state index contributed by atoms with van der Waals surface area (Å²) in [6.07, 6.45) is 7.13. The Bertz CT molecular complexity index is 1130. The molecule has 1 aromatic carbocycles. The molecule has 0 aliphatic carbocycles. The number of benzene rings is 1. The Balaban J connectivity index is 1.49. The van der Waals surface area contributed by atoms with E-state index in [-0.39, 0.29) is 0 Å². The van der Waals surface area contributed by atoms with Gasteiger partial charge in [0, 0.05) is 37.1 Å². The molecule has 8 nitrogen and oxygen atoms in total. The molecule has 1 fully saturated rings. The lowest BCUT2D eigenvalue weighted by molar-refractivity contribution is 0.159. The van der Waals surface area contributed by atoms with Gasteiger partial charge in [0.05, 0.1) is 23.3 Å². The predicted molar refractivity (Wildman–Crippen MR) is 135 cm³/mol. The summed E-state index contributed by atoms with van der Waals surface area (Å²) in [5.74, 6) is 0.412. The molecule has 2 aromatic heterocycles. The topological polar surface area (TPSA) is 93.6 Å². The van der Waals surface area contributed by atoms with Crippen LogP contribution in [0.5, 0.6) is 0 Å². The van der Waals surface area contributed by atoms with E-state index in [1.54, 1.807) is 24.5 Å². The molecular weight excluding hydrogens is 428 g/mol. The number of amides is 2. The zero-order valence-electron chi connectivity index (χ0n) is 19.2. The number of carbonyl (C=O) groups is 1. The number of pyridine rings is 2. The highest BCUT2D eigenvalue weighted by Gasteiger charge is 2.29. The van der Waals surface area contributed by atoms with Crippen molar-refractivity contribution in [3.05, 3.63) is 60.9 Å². The molecule has 2 aliphatic rings. The molecular formula is C26H30N6O2. The zero-order valence-corrected chi connectivity index (χ0v) is 19.2. The lowest BCUT2D eigenvalue weighted by atomic mass is 10.1. The van der Waals surface area contributed by atoms with Crippen molar-refractivity contribution < 1.29 is 9.90 Å². The molecule has 3 N–H and O–H groups in total. The molecule has 4 heterocycles. The van der Waals surface area contributed by atoms with Gasteiger partial charge in [0.1, 0.15) is 6.23 Å². The predicted octanol–water partition coefficient (Wildman–Crippen LogP) is 4.70. The number of rotatable bonds is 3. The van der Waals surface area contributed by atoms with Crippen LogP contribution in [0.25, 0.3) is 11.3 Å². The molecule has 3 aromatic rings. The lowest BCUT2D eigenvalue weighted by Crippen LogP contribution is -2.45. The van der Waals surface area contributed by atoms with Gasteiger partial charge in [-0.15, -0.1) is 0 Å². The standard InChI is InChI=1S/C26H30N6O2/c33-24-10-6-14-28-23-12-11-22(19-7-4-9-21(17-19)31-15-2-1-3-16-31)30-25(23)32(24)26(34)29-20-8-5-13-27-18-20/h4-5,7-9,11-13,17-18,24,28,33H,1-3,6,10,14-16H2,(H,29,34)/t24-/m1/s1. The summed E-state index contributed by atoms with van der Waals surface area (Å²) in [7, 11) is 0. The first-order valence-corrected chi connectivity index (χ1v) is 12.0. The van der Waals surface area contributed by atoms with Gasteiger partial charge in [-0.2, -0.15) is 0 Å². The second-order valence-electron chi connectivity index (χ2n) is 8.76. The van der Waals surface area contributed by atoms with Gasteiger partial charge >= 0.3 is 6.03 Å². The van der Waals surface area contributed by atoms with E-state index >= 15 is 0 Å². The van der Waals surface area contributed by atoms with Crippen molar-refractivity contribution in [2.24, 2.45) is 0 Å². The number of aliphatic hydroxyl groups excluding tert-OH is 1. The molecule has 2 amide bonds. The molecule has 2 aliphatic heterocycles. The van der Waals surface area contributed by atoms with Crippen molar-refractivity contribution >= 4 is 28.9 Å². The first kappa shape index (κ1) is 22.2. The summed E-state index contributed by atoms with van der Waals surface area (Å²) >= 11 is 0. The van der Waals surface area contributed by atoms with Crippen LogP contribution in [0.4, 0.5) is 27.7 Å². The Morgan fingerprint density at radius 2 is 1.94 bits per heavy atom. The summed E-state index contributed by atoms with van der Waals surface area (Å²) in [5.41, 5.74) is 4.20. The summed E-state index contributed by atoms with van der Waals surface area (Å²) in [4.78, 5) is 25.9. The molecule has 1 atom stereocenters. The quantitative estimate of drug-likeness (QED) is 0.527. The normalized spacial score (nSPS) is 18.3. The maximum Gasteiger partial charge on any atom is 0.329 e. The van der Waals surface area contributed by atoms with Gasteiger partial charge in [-0.1, -0.05) is 12.1 Å². The number of aromatic nitrogens is 2. The number of carbonyl (C=O) groups excluding carboxylic acids is 1. The van der Waals surface area contributed by atoms with Gasteiger partial charge in [0.15, 0.2) is 5.82 Å². The molecule has 5 rings (SSSR count). The molecule has 0 spiro atoms. The second-order valence-corrected chi connectivity index (χ2v) is 8.76. The van der Waals surface area contributed by atoms with Crippen molar-refractivity contribution in [1.82, 2.24) is 9.97 Å². The van der Waals surface area contributed by atoms with Crippen molar-refractivity contribution in [3.63, 3.8) is 0 Å². The average molecular weight is 459 g/mol. The number of aliphatic hydroxyl groups is 1. The summed E-state index contributed by atoms with van der Waals surface area (Å²) in [6, 6.07) is 15.4. The second kappa shape index (κ2) is 10.1. The highest BCUT2D eigenvalue weighted by Crippen LogP contribution is 2.33. The maximum absolute atomic E-state index is 13.3. The average Bonchev–Trinajstić information content (AvgIpc) is 2.87. The van der Waals surface area contributed by atoms with E-state index in [2.05, 4.69) is 38.7 Å². The summed E-state index contributed by atoms with van der Waals surface area (Å²) in [5, 5.41) is 17.1. The fourth-order valence-corrected chi connectivity index (χ4v) is 4.57. The van der Waals surface area contributed by atoms with Crippen LogP contribution in [0.3, 0.4) is 0 Å². The van der Waals surface area contributed by atoms with Gasteiger partial charge in [0.2, 0.25) is 0 Å². The van der Waals surface area contributed by atoms with Crippen LogP contribution in [-0.4, -0.2) is 47.0 Å². The zero-order chi connectivity index (χ0) is 23.3. The van der Waals surface area contributed by atoms with Crippen LogP contribution < -0.4 is 20.4 Å². The number of hydrogen-bond acceptors (Lipinski definition) is 6. The van der Waals surface area contributed by atoms with E-state index in [4.69, 9.17) is 4.98 Å². The molecule has 0 saturated carbocycles. The van der Waals surface area contributed by atoms with Crippen molar-refractivity contribution in [1.29, 1.82) is 0 Å². The Morgan fingerprint density at radius 3 is 2.76 bits per heavy atom. The molecule has 0 bridgehead atoms. The summed E-state index contributed by atoms with van der Waals surface area (Å²) < 4.78 is 0. The molecule has 8 heteroatoms. The number of anilines is 4. The molecule has 34 heavy (non-hydrogen) atoms. The minimum atomic E-state index is -0.986. The third-order valence-corrected chi connectivity index (χ3v) is 6.35. The van der Waals surface area contributed by atoms with E-state index in [1.165, 1.54) is 29.8 Å². The van der Waals surface area contributed by atoms with Crippen molar-refractivity contribution in [2.75, 3.05) is 40.1 Å². The number of nitrogens with zero attached hydrogens (tertiary/aromatic N) is 4. The van der Waals surface area contributed by atoms with Gasteiger partial charge in [-0.25, -0.2) is 14.7 Å². The van der Waals surface area contributed by atoms with Gasteiger partial charge in [-0.3, -0.25) is 4.98 Å². The monoisotopic (exact) mass is 458 g/mol. The Hall–Kier alpha value is -3.65. The molecule has 1 saturated heterocycles. The maximum atomic E-state index is 13.3. The van der Waals surface area contributed by atoms with Crippen LogP contribution in [0.1, 0.15) is 32.1 Å². The van der Waals surface area contributed by atoms with E-state index in [1.807, 2.05) is 18.2 Å². The van der Waals surface area contributed by atoms with E-state index in [0.717, 1.165) is 36.5 Å². The Kier molecular flexibility index (Phi) is 6.58. The highest BCUT2D eigenvalue weighted by molar-refractivity contribution is 6.03.